The highest BCUT2D eigenvalue weighted by atomic mass is 79.9. The Morgan fingerprint density at radius 1 is 1.28 bits per heavy atom. The molecular formula is C16H16BrN. The first-order valence-corrected chi connectivity index (χ1v) is 6.99. The normalized spacial score (nSPS) is 12.4. The zero-order chi connectivity index (χ0) is 13.0. The van der Waals surface area contributed by atoms with Gasteiger partial charge in [-0.25, -0.2) is 0 Å². The lowest BCUT2D eigenvalue weighted by molar-refractivity contribution is 0.898. The van der Waals surface area contributed by atoms with E-state index in [1.807, 2.05) is 12.1 Å². The second-order valence-corrected chi connectivity index (χ2v) is 4.76. The number of hydrogen-bond donors (Lipinski definition) is 0. The van der Waals surface area contributed by atoms with Gasteiger partial charge >= 0.3 is 0 Å². The average Bonchev–Trinajstić information content (AvgIpc) is 2.68. The summed E-state index contributed by atoms with van der Waals surface area (Å²) in [6, 6.07) is 12.5. The summed E-state index contributed by atoms with van der Waals surface area (Å²) in [6.45, 7) is 4.11. The van der Waals surface area contributed by atoms with Crippen molar-refractivity contribution in [3.63, 3.8) is 0 Å². The number of alkyl halides is 1. The molecule has 1 aromatic carbocycles. The predicted octanol–water partition coefficient (Wildman–Crippen LogP) is 2.83. The van der Waals surface area contributed by atoms with Gasteiger partial charge in [0.25, 0.3) is 0 Å². The molecular weight excluding hydrogens is 286 g/mol. The Morgan fingerprint density at radius 3 is 2.67 bits per heavy atom. The van der Waals surface area contributed by atoms with Crippen LogP contribution in [0.1, 0.15) is 0 Å². The minimum Gasteiger partial charge on any atom is -0.344 e. The molecule has 0 N–H and O–H groups in total. The van der Waals surface area contributed by atoms with Gasteiger partial charge in [-0.15, -0.1) is 0 Å². The lowest BCUT2D eigenvalue weighted by Crippen LogP contribution is -2.25. The van der Waals surface area contributed by atoms with Crippen LogP contribution in [0.15, 0.2) is 48.6 Å². The Bertz CT molecular complexity index is 650. The van der Waals surface area contributed by atoms with Crippen LogP contribution in [0.5, 0.6) is 0 Å². The van der Waals surface area contributed by atoms with Crippen molar-refractivity contribution >= 4 is 28.6 Å². The van der Waals surface area contributed by atoms with Gasteiger partial charge in [0.2, 0.25) is 0 Å². The summed E-state index contributed by atoms with van der Waals surface area (Å²) >= 11 is 3.37. The molecule has 1 aromatic heterocycles. The molecule has 0 saturated heterocycles. The maximum Gasteiger partial charge on any atom is 0.0488 e. The Labute approximate surface area is 116 Å². The lowest BCUT2D eigenvalue weighted by Gasteiger charge is -2.02. The number of aromatic nitrogens is 1. The third kappa shape index (κ3) is 2.65. The van der Waals surface area contributed by atoms with E-state index in [1.165, 1.54) is 11.3 Å². The molecule has 2 rings (SSSR count). The predicted molar refractivity (Wildman–Crippen MR) is 83.0 cm³/mol. The molecule has 0 amide bonds. The van der Waals surface area contributed by atoms with E-state index < -0.39 is 0 Å². The fraction of sp³-hybridized carbons (Fsp3) is 0.125. The average molecular weight is 302 g/mol. The standard InChI is InChI=1S/C16H16BrN/c1-13-12-16(14-8-4-3-5-9-14)18(2)15(13)10-6-7-11-17/h3-10,12H,1,11H2,2H3/b7-6-,15-10+. The van der Waals surface area contributed by atoms with Crippen LogP contribution < -0.4 is 10.6 Å². The molecule has 0 saturated carbocycles. The summed E-state index contributed by atoms with van der Waals surface area (Å²) in [6.07, 6.45) is 6.21. The van der Waals surface area contributed by atoms with Gasteiger partial charge in [0.05, 0.1) is 0 Å². The Balaban J connectivity index is 2.55. The molecule has 0 spiro atoms. The molecule has 0 aliphatic heterocycles. The van der Waals surface area contributed by atoms with Gasteiger partial charge in [-0.1, -0.05) is 65.0 Å². The number of allylic oxidation sites excluding steroid dienone is 2. The summed E-state index contributed by atoms with van der Waals surface area (Å²) in [5.41, 5.74) is 2.41. The fourth-order valence-electron chi connectivity index (χ4n) is 2.00. The van der Waals surface area contributed by atoms with E-state index in [9.17, 15) is 0 Å². The minimum absolute atomic E-state index is 0.867. The van der Waals surface area contributed by atoms with Crippen molar-refractivity contribution in [3.8, 4) is 11.3 Å². The quantitative estimate of drug-likeness (QED) is 0.768. The molecule has 18 heavy (non-hydrogen) atoms. The van der Waals surface area contributed by atoms with E-state index in [0.29, 0.717) is 0 Å². The maximum absolute atomic E-state index is 4.11. The van der Waals surface area contributed by atoms with E-state index in [1.54, 1.807) is 0 Å². The Kier molecular flexibility index (Phi) is 4.21. The van der Waals surface area contributed by atoms with Gasteiger partial charge < -0.3 is 4.57 Å². The molecule has 1 nitrogen and oxygen atoms in total. The van der Waals surface area contributed by atoms with Crippen LogP contribution in [0.2, 0.25) is 0 Å². The van der Waals surface area contributed by atoms with Crippen LogP contribution in [-0.2, 0) is 7.05 Å². The van der Waals surface area contributed by atoms with Crippen molar-refractivity contribution in [2.24, 2.45) is 7.05 Å². The van der Waals surface area contributed by atoms with Gasteiger partial charge in [-0.05, 0) is 22.9 Å². The summed E-state index contributed by atoms with van der Waals surface area (Å²) in [5.74, 6) is 0. The molecule has 2 aromatic rings. The fourth-order valence-corrected chi connectivity index (χ4v) is 2.21. The minimum atomic E-state index is 0.867. The highest BCUT2D eigenvalue weighted by Gasteiger charge is 2.02. The second kappa shape index (κ2) is 5.87. The summed E-state index contributed by atoms with van der Waals surface area (Å²) in [4.78, 5) is 0. The van der Waals surface area contributed by atoms with Crippen LogP contribution in [0.3, 0.4) is 0 Å². The lowest BCUT2D eigenvalue weighted by atomic mass is 10.1. The number of benzene rings is 1. The largest absolute Gasteiger partial charge is 0.344 e. The molecule has 0 bridgehead atoms. The summed E-state index contributed by atoms with van der Waals surface area (Å²) in [5, 5.41) is 3.06. The van der Waals surface area contributed by atoms with Crippen molar-refractivity contribution in [1.29, 1.82) is 0 Å². The molecule has 1 heterocycles. The number of hydrogen-bond acceptors (Lipinski definition) is 0. The van der Waals surface area contributed by atoms with Crippen molar-refractivity contribution < 1.29 is 0 Å². The molecule has 2 heteroatoms. The van der Waals surface area contributed by atoms with E-state index >= 15 is 0 Å². The third-order valence-corrected chi connectivity index (χ3v) is 3.29. The van der Waals surface area contributed by atoms with E-state index in [-0.39, 0.29) is 0 Å². The molecule has 92 valence electrons. The number of halogens is 1. The van der Waals surface area contributed by atoms with Crippen LogP contribution in [0.4, 0.5) is 0 Å². The zero-order valence-electron chi connectivity index (χ0n) is 10.4. The molecule has 0 atom stereocenters. The Morgan fingerprint density at radius 2 is 2.00 bits per heavy atom. The van der Waals surface area contributed by atoms with Crippen molar-refractivity contribution in [2.75, 3.05) is 5.33 Å². The first-order chi connectivity index (χ1) is 8.74. The zero-order valence-corrected chi connectivity index (χ0v) is 12.0. The molecule has 0 radical (unpaired) electrons. The third-order valence-electron chi connectivity index (χ3n) is 2.91. The summed E-state index contributed by atoms with van der Waals surface area (Å²) in [7, 11) is 2.07. The van der Waals surface area contributed by atoms with Crippen LogP contribution >= 0.6 is 15.9 Å². The smallest absolute Gasteiger partial charge is 0.0488 e. The van der Waals surface area contributed by atoms with E-state index in [4.69, 9.17) is 0 Å². The van der Waals surface area contributed by atoms with Gasteiger partial charge in [0.15, 0.2) is 0 Å². The second-order valence-electron chi connectivity index (χ2n) is 4.11. The topological polar surface area (TPSA) is 4.93 Å². The van der Waals surface area contributed by atoms with Gasteiger partial charge in [0, 0.05) is 23.4 Å². The van der Waals surface area contributed by atoms with Crippen molar-refractivity contribution in [1.82, 2.24) is 4.57 Å². The van der Waals surface area contributed by atoms with Crippen molar-refractivity contribution in [3.05, 3.63) is 59.1 Å². The Hall–Kier alpha value is -1.54. The van der Waals surface area contributed by atoms with Crippen LogP contribution in [0, 0.1) is 0 Å². The number of rotatable bonds is 3. The van der Waals surface area contributed by atoms with Crippen LogP contribution in [0.25, 0.3) is 23.9 Å². The van der Waals surface area contributed by atoms with Gasteiger partial charge in [-0.3, -0.25) is 0 Å². The molecule has 0 unspecified atom stereocenters. The SMILES string of the molecule is C=c1cc(-c2ccccc2)n(C)/c1=C/C=C\CBr. The molecule has 0 aliphatic carbocycles. The van der Waals surface area contributed by atoms with E-state index in [2.05, 4.69) is 76.6 Å². The van der Waals surface area contributed by atoms with Gasteiger partial charge in [0.1, 0.15) is 0 Å². The first kappa shape index (κ1) is 12.9. The molecule has 0 fully saturated rings. The highest BCUT2D eigenvalue weighted by Crippen LogP contribution is 2.14. The highest BCUT2D eigenvalue weighted by molar-refractivity contribution is 9.09. The summed E-state index contributed by atoms with van der Waals surface area (Å²) < 4.78 is 2.18. The van der Waals surface area contributed by atoms with Crippen molar-refractivity contribution in [2.45, 2.75) is 0 Å². The number of nitrogens with zero attached hydrogens (tertiary/aromatic N) is 1. The maximum atomic E-state index is 4.11. The first-order valence-electron chi connectivity index (χ1n) is 5.87. The van der Waals surface area contributed by atoms with E-state index in [0.717, 1.165) is 15.9 Å². The molecule has 0 aliphatic rings. The monoisotopic (exact) mass is 301 g/mol. The van der Waals surface area contributed by atoms with Gasteiger partial charge in [-0.2, -0.15) is 0 Å². The van der Waals surface area contributed by atoms with Crippen LogP contribution in [-0.4, -0.2) is 9.90 Å².